The van der Waals surface area contributed by atoms with Gasteiger partial charge in [-0.05, 0) is 48.5 Å². The molecule has 1 aromatic carbocycles. The summed E-state index contributed by atoms with van der Waals surface area (Å²) in [6.45, 7) is 2.16. The quantitative estimate of drug-likeness (QED) is 0.305. The van der Waals surface area contributed by atoms with Crippen LogP contribution in [0.5, 0.6) is 5.88 Å². The summed E-state index contributed by atoms with van der Waals surface area (Å²) in [5.41, 5.74) is 1.25. The molecule has 2 aromatic heterocycles. The van der Waals surface area contributed by atoms with Gasteiger partial charge in [-0.3, -0.25) is 0 Å². The summed E-state index contributed by atoms with van der Waals surface area (Å²) < 4.78 is 10.9. The number of nitrogens with zero attached hydrogens (tertiary/aromatic N) is 4. The number of hydrogen-bond donors (Lipinski definition) is 2. The van der Waals surface area contributed by atoms with E-state index < -0.39 is 0 Å². The van der Waals surface area contributed by atoms with Crippen molar-refractivity contribution in [3.63, 3.8) is 0 Å². The first-order chi connectivity index (χ1) is 15.7. The number of methoxy groups -OCH3 is 1. The highest BCUT2D eigenvalue weighted by Crippen LogP contribution is 2.34. The Bertz CT molecular complexity index is 1030. The first kappa shape index (κ1) is 22.4. The van der Waals surface area contributed by atoms with Crippen LogP contribution in [-0.2, 0) is 10.2 Å². The summed E-state index contributed by atoms with van der Waals surface area (Å²) in [7, 11) is 1.56. The third-order valence-electron chi connectivity index (χ3n) is 5.27. The topological polar surface area (TPSA) is 94.1 Å². The van der Waals surface area contributed by atoms with E-state index in [9.17, 15) is 0 Å². The predicted molar refractivity (Wildman–Crippen MR) is 127 cm³/mol. The third kappa shape index (κ3) is 5.70. The lowest BCUT2D eigenvalue weighted by Gasteiger charge is -2.38. The van der Waals surface area contributed by atoms with Crippen LogP contribution in [0, 0.1) is 0 Å². The van der Waals surface area contributed by atoms with Gasteiger partial charge in [0.05, 0.1) is 7.11 Å². The fourth-order valence-electron chi connectivity index (χ4n) is 3.56. The Kier molecular flexibility index (Phi) is 7.46. The Morgan fingerprint density at radius 2 is 1.88 bits per heavy atom. The lowest BCUT2D eigenvalue weighted by molar-refractivity contribution is 0.0515. The molecular weight excluding hydrogens is 444 g/mol. The second-order valence-electron chi connectivity index (χ2n) is 7.27. The Morgan fingerprint density at radius 1 is 1.12 bits per heavy atom. The van der Waals surface area contributed by atoms with E-state index in [1.165, 1.54) is 17.3 Å². The van der Waals surface area contributed by atoms with Gasteiger partial charge in [0.1, 0.15) is 5.03 Å². The van der Waals surface area contributed by atoms with Crippen molar-refractivity contribution in [2.24, 2.45) is 0 Å². The molecule has 1 aliphatic heterocycles. The zero-order chi connectivity index (χ0) is 22.2. The highest BCUT2D eigenvalue weighted by molar-refractivity contribution is 7.99. The Morgan fingerprint density at radius 3 is 2.59 bits per heavy atom. The minimum Gasteiger partial charge on any atom is -0.481 e. The van der Waals surface area contributed by atoms with Crippen LogP contribution >= 0.6 is 24.0 Å². The van der Waals surface area contributed by atoms with Crippen molar-refractivity contribution in [2.45, 2.75) is 28.4 Å². The van der Waals surface area contributed by atoms with Crippen LogP contribution in [0.4, 0.5) is 5.95 Å². The maximum atomic E-state index is 5.61. The average molecular weight is 469 g/mol. The standard InChI is InChI=1S/C22H24N6O2S2/c1-29-17-14-18(32-21-23-10-5-11-24-21)27-19(26-17)28-20(31)25-15-22(8-12-30-13-9-22)16-6-3-2-4-7-16/h2-7,10-11,14H,8-9,12-13,15H2,1H3,(H2,25,26,27,28,31). The van der Waals surface area contributed by atoms with Crippen molar-refractivity contribution in [3.05, 3.63) is 60.4 Å². The van der Waals surface area contributed by atoms with E-state index in [0.717, 1.165) is 26.1 Å². The maximum Gasteiger partial charge on any atom is 0.233 e. The van der Waals surface area contributed by atoms with Crippen LogP contribution in [0.1, 0.15) is 18.4 Å². The summed E-state index contributed by atoms with van der Waals surface area (Å²) in [4.78, 5) is 17.3. The van der Waals surface area contributed by atoms with Crippen molar-refractivity contribution in [1.29, 1.82) is 0 Å². The van der Waals surface area contributed by atoms with Crippen molar-refractivity contribution >= 4 is 35.0 Å². The van der Waals surface area contributed by atoms with Gasteiger partial charge in [0, 0.05) is 43.6 Å². The minimum absolute atomic E-state index is 0.0356. The van der Waals surface area contributed by atoms with Gasteiger partial charge in [-0.25, -0.2) is 15.0 Å². The van der Waals surface area contributed by atoms with Crippen molar-refractivity contribution in [2.75, 3.05) is 32.2 Å². The predicted octanol–water partition coefficient (Wildman–Crippen LogP) is 3.46. The van der Waals surface area contributed by atoms with Gasteiger partial charge in [-0.1, -0.05) is 30.3 Å². The molecule has 0 aliphatic carbocycles. The van der Waals surface area contributed by atoms with Gasteiger partial charge in [0.15, 0.2) is 10.3 Å². The average Bonchev–Trinajstić information content (AvgIpc) is 2.84. The molecule has 4 rings (SSSR count). The molecule has 0 radical (unpaired) electrons. The summed E-state index contributed by atoms with van der Waals surface area (Å²) >= 11 is 6.87. The van der Waals surface area contributed by atoms with Crippen LogP contribution in [0.3, 0.4) is 0 Å². The second-order valence-corrected chi connectivity index (χ2v) is 8.67. The summed E-state index contributed by atoms with van der Waals surface area (Å²) in [5, 5.41) is 8.13. The Balaban J connectivity index is 1.44. The van der Waals surface area contributed by atoms with E-state index in [1.807, 2.05) is 6.07 Å². The van der Waals surface area contributed by atoms with E-state index in [1.54, 1.807) is 31.6 Å². The number of ether oxygens (including phenoxy) is 2. The zero-order valence-electron chi connectivity index (χ0n) is 17.7. The molecule has 1 aliphatic rings. The van der Waals surface area contributed by atoms with Crippen LogP contribution in [0.25, 0.3) is 0 Å². The largest absolute Gasteiger partial charge is 0.481 e. The molecule has 0 spiro atoms. The molecule has 0 saturated carbocycles. The van der Waals surface area contributed by atoms with Crippen LogP contribution in [0.2, 0.25) is 0 Å². The third-order valence-corrected chi connectivity index (χ3v) is 6.33. The molecule has 166 valence electrons. The van der Waals surface area contributed by atoms with Crippen molar-refractivity contribution < 1.29 is 9.47 Å². The number of nitrogens with one attached hydrogen (secondary N) is 2. The normalized spacial score (nSPS) is 15.0. The first-order valence-electron chi connectivity index (χ1n) is 10.2. The fourth-order valence-corrected chi connectivity index (χ4v) is 4.43. The summed E-state index contributed by atoms with van der Waals surface area (Å²) in [6.07, 6.45) is 5.23. The monoisotopic (exact) mass is 468 g/mol. The van der Waals surface area contributed by atoms with Crippen molar-refractivity contribution in [3.8, 4) is 5.88 Å². The molecule has 10 heteroatoms. The molecule has 3 aromatic rings. The summed E-state index contributed by atoms with van der Waals surface area (Å²) in [6, 6.07) is 14.0. The fraction of sp³-hybridized carbons (Fsp3) is 0.318. The number of hydrogen-bond acceptors (Lipinski definition) is 8. The molecule has 1 saturated heterocycles. The van der Waals surface area contributed by atoms with Gasteiger partial charge in [-0.15, -0.1) is 0 Å². The molecule has 0 atom stereocenters. The number of aromatic nitrogens is 4. The molecule has 0 bridgehead atoms. The molecule has 3 heterocycles. The number of benzene rings is 1. The Hall–Kier alpha value is -2.82. The molecule has 0 unspecified atom stereocenters. The smallest absolute Gasteiger partial charge is 0.233 e. The van der Waals surface area contributed by atoms with Gasteiger partial charge in [0.25, 0.3) is 0 Å². The minimum atomic E-state index is -0.0356. The van der Waals surface area contributed by atoms with E-state index in [2.05, 4.69) is 54.8 Å². The number of anilines is 1. The second kappa shape index (κ2) is 10.7. The highest BCUT2D eigenvalue weighted by Gasteiger charge is 2.34. The lowest BCUT2D eigenvalue weighted by Crippen LogP contribution is -2.45. The molecule has 32 heavy (non-hydrogen) atoms. The van der Waals surface area contributed by atoms with E-state index >= 15 is 0 Å². The van der Waals surface area contributed by atoms with Crippen LogP contribution in [0.15, 0.2) is 65.0 Å². The first-order valence-corrected chi connectivity index (χ1v) is 11.5. The summed E-state index contributed by atoms with van der Waals surface area (Å²) in [5.74, 6) is 0.773. The molecular formula is C22H24N6O2S2. The van der Waals surface area contributed by atoms with Gasteiger partial charge >= 0.3 is 0 Å². The van der Waals surface area contributed by atoms with E-state index in [0.29, 0.717) is 33.7 Å². The van der Waals surface area contributed by atoms with E-state index in [4.69, 9.17) is 21.7 Å². The van der Waals surface area contributed by atoms with Crippen LogP contribution in [-0.4, -0.2) is 51.9 Å². The maximum absolute atomic E-state index is 5.61. The zero-order valence-corrected chi connectivity index (χ0v) is 19.3. The van der Waals surface area contributed by atoms with Gasteiger partial charge in [-0.2, -0.15) is 4.98 Å². The highest BCUT2D eigenvalue weighted by atomic mass is 32.2. The van der Waals surface area contributed by atoms with Crippen LogP contribution < -0.4 is 15.4 Å². The lowest BCUT2D eigenvalue weighted by atomic mass is 9.74. The molecule has 2 N–H and O–H groups in total. The Labute approximate surface area is 196 Å². The molecule has 1 fully saturated rings. The van der Waals surface area contributed by atoms with Gasteiger partial charge in [0.2, 0.25) is 11.8 Å². The SMILES string of the molecule is COc1cc(Sc2ncccn2)nc(NC(=S)NCC2(c3ccccc3)CCOCC2)n1. The number of thiocarbonyl (C=S) groups is 1. The van der Waals surface area contributed by atoms with Gasteiger partial charge < -0.3 is 20.1 Å². The number of rotatable bonds is 7. The van der Waals surface area contributed by atoms with E-state index in [-0.39, 0.29) is 5.41 Å². The van der Waals surface area contributed by atoms with Crippen molar-refractivity contribution in [1.82, 2.24) is 25.3 Å². The molecule has 0 amide bonds. The molecule has 8 nitrogen and oxygen atoms in total.